The second-order valence-corrected chi connectivity index (χ2v) is 7.84. The van der Waals surface area contributed by atoms with Gasteiger partial charge in [-0.3, -0.25) is 4.57 Å². The molecule has 0 fully saturated rings. The van der Waals surface area contributed by atoms with Crippen LogP contribution in [0, 0.1) is 0 Å². The average Bonchev–Trinajstić information content (AvgIpc) is 2.44. The van der Waals surface area contributed by atoms with Gasteiger partial charge in [0.1, 0.15) is 0 Å². The van der Waals surface area contributed by atoms with Crippen molar-refractivity contribution >= 4 is 7.60 Å². The van der Waals surface area contributed by atoms with Gasteiger partial charge < -0.3 is 9.05 Å². The third-order valence-electron chi connectivity index (χ3n) is 3.66. The van der Waals surface area contributed by atoms with Crippen LogP contribution in [0.4, 0.5) is 0 Å². The summed E-state index contributed by atoms with van der Waals surface area (Å²) in [5.74, 6) is 0. The molecule has 0 bridgehead atoms. The van der Waals surface area contributed by atoms with Crippen LogP contribution in [0.5, 0.6) is 0 Å². The van der Waals surface area contributed by atoms with Crippen LogP contribution in [0.15, 0.2) is 0 Å². The smallest absolute Gasteiger partial charge is 0.312 e. The largest absolute Gasteiger partial charge is 0.327 e. The van der Waals surface area contributed by atoms with Crippen LogP contribution in [-0.2, 0) is 13.6 Å². The molecule has 0 aromatic carbocycles. The summed E-state index contributed by atoms with van der Waals surface area (Å²) in [6.45, 7) is 4.34. The van der Waals surface area contributed by atoms with E-state index in [1.807, 2.05) is 0 Å². The highest BCUT2D eigenvalue weighted by molar-refractivity contribution is 7.52. The fourth-order valence-electron chi connectivity index (χ4n) is 2.23. The number of unbranched alkanes of at least 4 members (excludes halogenated alkanes) is 11. The van der Waals surface area contributed by atoms with Crippen molar-refractivity contribution < 1.29 is 13.6 Å². The zero-order chi connectivity index (χ0) is 15.1. The van der Waals surface area contributed by atoms with Crippen LogP contribution >= 0.6 is 7.60 Å². The summed E-state index contributed by atoms with van der Waals surface area (Å²) in [4.78, 5) is 0. The zero-order valence-corrected chi connectivity index (χ0v) is 14.8. The molecule has 20 heavy (non-hydrogen) atoms. The lowest BCUT2D eigenvalue weighted by molar-refractivity contribution is 0.233. The molecule has 0 aliphatic rings. The second kappa shape index (κ2) is 14.1. The molecule has 122 valence electrons. The van der Waals surface area contributed by atoms with Crippen molar-refractivity contribution in [2.45, 2.75) is 84.0 Å². The third-order valence-corrected chi connectivity index (χ3v) is 4.97. The van der Waals surface area contributed by atoms with Crippen molar-refractivity contribution in [2.75, 3.05) is 20.4 Å². The van der Waals surface area contributed by atoms with Crippen molar-refractivity contribution in [1.82, 2.24) is 0 Å². The highest BCUT2D eigenvalue weighted by Crippen LogP contribution is 2.42. The SMILES string of the molecule is CCCCCCCCCCCCCCOP(C)(=O)OC. The lowest BCUT2D eigenvalue weighted by Gasteiger charge is -2.10. The quantitative estimate of drug-likeness (QED) is 0.268. The Balaban J connectivity index is 3.08. The van der Waals surface area contributed by atoms with Gasteiger partial charge in [0.15, 0.2) is 0 Å². The van der Waals surface area contributed by atoms with Gasteiger partial charge >= 0.3 is 7.60 Å². The Morgan fingerprint density at radius 1 is 0.750 bits per heavy atom. The van der Waals surface area contributed by atoms with Gasteiger partial charge in [-0.15, -0.1) is 0 Å². The first-order valence-electron chi connectivity index (χ1n) is 8.40. The minimum Gasteiger partial charge on any atom is -0.312 e. The second-order valence-electron chi connectivity index (χ2n) is 5.68. The molecule has 0 aromatic heterocycles. The Morgan fingerprint density at radius 3 is 1.55 bits per heavy atom. The summed E-state index contributed by atoms with van der Waals surface area (Å²) in [5.41, 5.74) is 0. The Morgan fingerprint density at radius 2 is 1.15 bits per heavy atom. The molecular formula is C16H35O3P. The molecule has 0 heterocycles. The van der Waals surface area contributed by atoms with E-state index >= 15 is 0 Å². The van der Waals surface area contributed by atoms with E-state index < -0.39 is 7.60 Å². The Hall–Kier alpha value is 0.150. The summed E-state index contributed by atoms with van der Waals surface area (Å²) >= 11 is 0. The molecule has 4 heteroatoms. The number of hydrogen-bond acceptors (Lipinski definition) is 3. The van der Waals surface area contributed by atoms with Crippen molar-refractivity contribution in [2.24, 2.45) is 0 Å². The molecule has 0 saturated heterocycles. The monoisotopic (exact) mass is 306 g/mol. The van der Waals surface area contributed by atoms with E-state index in [1.165, 1.54) is 84.4 Å². The molecule has 3 nitrogen and oxygen atoms in total. The van der Waals surface area contributed by atoms with Gasteiger partial charge in [-0.25, -0.2) is 0 Å². The van der Waals surface area contributed by atoms with E-state index in [2.05, 4.69) is 6.92 Å². The normalized spacial score (nSPS) is 14.3. The fourth-order valence-corrected chi connectivity index (χ4v) is 2.79. The maximum atomic E-state index is 11.4. The number of hydrogen-bond donors (Lipinski definition) is 0. The Bertz CT molecular complexity index is 244. The third kappa shape index (κ3) is 14.6. The van der Waals surface area contributed by atoms with Crippen LogP contribution in [0.3, 0.4) is 0 Å². The van der Waals surface area contributed by atoms with Crippen molar-refractivity contribution in [3.8, 4) is 0 Å². The van der Waals surface area contributed by atoms with Crippen LogP contribution < -0.4 is 0 Å². The van der Waals surface area contributed by atoms with E-state index in [-0.39, 0.29) is 0 Å². The summed E-state index contributed by atoms with van der Waals surface area (Å²) in [6.07, 6.45) is 15.9. The van der Waals surface area contributed by atoms with E-state index in [4.69, 9.17) is 9.05 Å². The summed E-state index contributed by atoms with van der Waals surface area (Å²) in [7, 11) is -1.32. The van der Waals surface area contributed by atoms with Gasteiger partial charge in [-0.2, -0.15) is 0 Å². The first-order valence-corrected chi connectivity index (χ1v) is 10.4. The average molecular weight is 306 g/mol. The maximum absolute atomic E-state index is 11.4. The van der Waals surface area contributed by atoms with Crippen LogP contribution in [0.2, 0.25) is 0 Å². The molecule has 0 aliphatic heterocycles. The Kier molecular flexibility index (Phi) is 14.2. The van der Waals surface area contributed by atoms with E-state index in [9.17, 15) is 4.57 Å². The van der Waals surface area contributed by atoms with Gasteiger partial charge in [-0.1, -0.05) is 77.6 Å². The predicted octanol–water partition coefficient (Wildman–Crippen LogP) is 6.17. The summed E-state index contributed by atoms with van der Waals surface area (Å²) < 4.78 is 21.4. The van der Waals surface area contributed by atoms with Gasteiger partial charge in [0.05, 0.1) is 6.61 Å². The molecule has 0 radical (unpaired) electrons. The van der Waals surface area contributed by atoms with Crippen molar-refractivity contribution in [1.29, 1.82) is 0 Å². The molecule has 1 atom stereocenters. The van der Waals surface area contributed by atoms with Gasteiger partial charge in [0.2, 0.25) is 0 Å². The van der Waals surface area contributed by atoms with Gasteiger partial charge in [0, 0.05) is 13.8 Å². The minimum atomic E-state index is -2.76. The molecule has 0 N–H and O–H groups in total. The Labute approximate surface area is 126 Å². The highest BCUT2D eigenvalue weighted by atomic mass is 31.2. The predicted molar refractivity (Wildman–Crippen MR) is 87.6 cm³/mol. The fraction of sp³-hybridized carbons (Fsp3) is 1.00. The molecule has 0 aromatic rings. The van der Waals surface area contributed by atoms with Crippen LogP contribution in [-0.4, -0.2) is 20.4 Å². The topological polar surface area (TPSA) is 35.5 Å². The van der Waals surface area contributed by atoms with E-state index in [1.54, 1.807) is 0 Å². The molecule has 0 rings (SSSR count). The van der Waals surface area contributed by atoms with Gasteiger partial charge in [-0.05, 0) is 6.42 Å². The van der Waals surface area contributed by atoms with Crippen LogP contribution in [0.1, 0.15) is 84.0 Å². The molecule has 0 saturated carbocycles. The van der Waals surface area contributed by atoms with E-state index in [0.29, 0.717) is 6.61 Å². The highest BCUT2D eigenvalue weighted by Gasteiger charge is 2.12. The van der Waals surface area contributed by atoms with Crippen molar-refractivity contribution in [3.63, 3.8) is 0 Å². The first-order chi connectivity index (χ1) is 9.62. The van der Waals surface area contributed by atoms with Gasteiger partial charge in [0.25, 0.3) is 0 Å². The number of rotatable bonds is 15. The zero-order valence-electron chi connectivity index (χ0n) is 13.9. The first kappa shape index (κ1) is 20.1. The van der Waals surface area contributed by atoms with E-state index in [0.717, 1.165) is 6.42 Å². The lowest BCUT2D eigenvalue weighted by Crippen LogP contribution is -1.94. The minimum absolute atomic E-state index is 0.555. The summed E-state index contributed by atoms with van der Waals surface area (Å²) in [5, 5.41) is 0. The molecule has 0 spiro atoms. The standard InChI is InChI=1S/C16H35O3P/c1-4-5-6-7-8-9-10-11-12-13-14-15-16-19-20(3,17)18-2/h4-16H2,1-3H3. The maximum Gasteiger partial charge on any atom is 0.327 e. The van der Waals surface area contributed by atoms with Crippen LogP contribution in [0.25, 0.3) is 0 Å². The summed E-state index contributed by atoms with van der Waals surface area (Å²) in [6, 6.07) is 0. The molecule has 0 amide bonds. The molecule has 1 unspecified atom stereocenters. The van der Waals surface area contributed by atoms with Crippen molar-refractivity contribution in [3.05, 3.63) is 0 Å². The molecular weight excluding hydrogens is 271 g/mol. The molecule has 0 aliphatic carbocycles. The lowest BCUT2D eigenvalue weighted by atomic mass is 10.1.